The van der Waals surface area contributed by atoms with E-state index in [2.05, 4.69) is 20.9 Å². The van der Waals surface area contributed by atoms with E-state index in [4.69, 9.17) is 4.74 Å². The molecule has 5 aliphatic rings. The van der Waals surface area contributed by atoms with Gasteiger partial charge in [-0.2, -0.15) is 0 Å². The number of H-pyrrole nitrogens is 1. The van der Waals surface area contributed by atoms with E-state index in [9.17, 15) is 19.2 Å². The predicted molar refractivity (Wildman–Crippen MR) is 172 cm³/mol. The Kier molecular flexibility index (Phi) is 7.06. The number of anilines is 1. The van der Waals surface area contributed by atoms with E-state index in [1.807, 2.05) is 54.3 Å². The van der Waals surface area contributed by atoms with Crippen LogP contribution in [0, 0.1) is 36.5 Å². The topological polar surface area (TPSA) is 99.8 Å². The first-order valence-corrected chi connectivity index (χ1v) is 17.8. The van der Waals surface area contributed by atoms with Crippen molar-refractivity contribution in [1.82, 2.24) is 9.88 Å². The fourth-order valence-electron chi connectivity index (χ4n) is 8.58. The number of imide groups is 1. The van der Waals surface area contributed by atoms with E-state index < -0.39 is 0 Å². The molecule has 3 amide bonds. The van der Waals surface area contributed by atoms with Gasteiger partial charge >= 0.3 is 4.87 Å². The Morgan fingerprint density at radius 1 is 1.00 bits per heavy atom. The lowest BCUT2D eigenvalue weighted by molar-refractivity contribution is -0.134. The fourth-order valence-corrected chi connectivity index (χ4v) is 11.8. The molecule has 228 valence electrons. The average Bonchev–Trinajstić information content (AvgIpc) is 3.76. The van der Waals surface area contributed by atoms with Gasteiger partial charge in [0.2, 0.25) is 11.8 Å². The molecule has 2 bridgehead atoms. The Hall–Kier alpha value is -2.89. The second-order valence-corrected chi connectivity index (χ2v) is 15.8. The molecule has 3 aromatic rings. The number of rotatable bonds is 5. The minimum absolute atomic E-state index is 0.00781. The third kappa shape index (κ3) is 4.44. The van der Waals surface area contributed by atoms with Gasteiger partial charge in [0.15, 0.2) is 6.61 Å². The molecule has 1 aromatic heterocycles. The molecular formula is C33H32BrN3O5S2. The number of halogens is 1. The van der Waals surface area contributed by atoms with Gasteiger partial charge < -0.3 is 14.6 Å². The van der Waals surface area contributed by atoms with E-state index in [0.29, 0.717) is 11.4 Å². The Labute approximate surface area is 271 Å². The smallest absolute Gasteiger partial charge is 0.305 e. The first kappa shape index (κ1) is 28.6. The molecule has 3 aliphatic heterocycles. The monoisotopic (exact) mass is 693 g/mol. The van der Waals surface area contributed by atoms with Gasteiger partial charge in [-0.1, -0.05) is 45.0 Å². The number of fused-ring (bicyclic) bond motifs is 9. The second-order valence-electron chi connectivity index (χ2n) is 12.7. The summed E-state index contributed by atoms with van der Waals surface area (Å²) in [4.78, 5) is 60.9. The molecule has 2 saturated carbocycles. The lowest BCUT2D eigenvalue weighted by atomic mass is 9.68. The fraction of sp³-hybridized carbons (Fsp3) is 0.455. The SMILES string of the molecule is Cc1ccc(N2C(=O)[C@H]3[C@H]4C[C@@H]([C@@H]3C2=O)[C@@H]2[C@H](c3cc(Br)ccc3OCC(=O)N3CCCCC3)c3sc(=O)[nH]c3S[C@H]42)cc1. The first-order chi connectivity index (χ1) is 21.3. The molecule has 44 heavy (non-hydrogen) atoms. The van der Waals surface area contributed by atoms with Gasteiger partial charge in [-0.15, -0.1) is 11.8 Å². The van der Waals surface area contributed by atoms with Crippen LogP contribution in [0.15, 0.2) is 56.8 Å². The van der Waals surface area contributed by atoms with Crippen LogP contribution in [0.3, 0.4) is 0 Å². The number of carbonyl (C=O) groups excluding carboxylic acids is 3. The number of thiazole rings is 1. The van der Waals surface area contributed by atoms with Crippen LogP contribution in [0.25, 0.3) is 0 Å². The molecule has 7 atom stereocenters. The standard InChI is InChI=1S/C33H32BrN3O5S2/c1-16-5-8-18(9-6-16)37-31(39)26-20-14-21(27(26)32(37)40)28-25(20)24(29-30(43-28)35-33(41)44-29)19-13-17(34)7-10-22(19)42-15-23(38)36-11-3-2-4-12-36/h5-10,13,20-21,24-28H,2-4,11-12,14-15H2,1H3,(H,35,41)/t20-,21-,24+,25-,26+,27+,28-/m1/s1. The van der Waals surface area contributed by atoms with Gasteiger partial charge in [0, 0.05) is 39.2 Å². The van der Waals surface area contributed by atoms with E-state index in [1.54, 1.807) is 11.8 Å². The van der Waals surface area contributed by atoms with Crippen LogP contribution < -0.4 is 14.5 Å². The molecule has 2 aromatic carbocycles. The molecule has 0 spiro atoms. The van der Waals surface area contributed by atoms with Crippen molar-refractivity contribution in [3.63, 3.8) is 0 Å². The highest BCUT2D eigenvalue weighted by Crippen LogP contribution is 2.69. The summed E-state index contributed by atoms with van der Waals surface area (Å²) in [5.41, 5.74) is 2.62. The van der Waals surface area contributed by atoms with Gasteiger partial charge in [-0.05, 0) is 80.7 Å². The number of aromatic nitrogens is 1. The molecule has 0 radical (unpaired) electrons. The highest BCUT2D eigenvalue weighted by atomic mass is 79.9. The number of benzene rings is 2. The largest absolute Gasteiger partial charge is 0.483 e. The van der Waals surface area contributed by atoms with Gasteiger partial charge in [0.25, 0.3) is 5.91 Å². The van der Waals surface area contributed by atoms with Crippen molar-refractivity contribution in [2.75, 3.05) is 24.6 Å². The van der Waals surface area contributed by atoms with Crippen molar-refractivity contribution in [2.45, 2.75) is 48.8 Å². The second kappa shape index (κ2) is 10.9. The van der Waals surface area contributed by atoms with Crippen LogP contribution in [0.5, 0.6) is 5.75 Å². The van der Waals surface area contributed by atoms with Crippen LogP contribution in [0.1, 0.15) is 47.6 Å². The number of piperidine rings is 1. The lowest BCUT2D eigenvalue weighted by Crippen LogP contribution is -2.43. The van der Waals surface area contributed by atoms with Gasteiger partial charge in [0.05, 0.1) is 22.5 Å². The van der Waals surface area contributed by atoms with Crippen molar-refractivity contribution in [2.24, 2.45) is 29.6 Å². The predicted octanol–water partition coefficient (Wildman–Crippen LogP) is 5.58. The van der Waals surface area contributed by atoms with E-state index in [-0.39, 0.29) is 70.0 Å². The van der Waals surface area contributed by atoms with E-state index in [1.165, 1.54) is 16.2 Å². The maximum Gasteiger partial charge on any atom is 0.305 e. The number of ether oxygens (including phenoxy) is 1. The summed E-state index contributed by atoms with van der Waals surface area (Å²) in [5, 5.41) is 0.915. The number of likely N-dealkylation sites (tertiary alicyclic amines) is 1. The van der Waals surface area contributed by atoms with Gasteiger partial charge in [0.1, 0.15) is 5.75 Å². The zero-order valence-corrected chi connectivity index (χ0v) is 27.4. The normalized spacial score (nSPS) is 30.4. The number of carbonyl (C=O) groups is 3. The molecular weight excluding hydrogens is 662 g/mol. The molecule has 1 N–H and O–H groups in total. The number of hydrogen-bond acceptors (Lipinski definition) is 7. The minimum Gasteiger partial charge on any atom is -0.483 e. The highest BCUT2D eigenvalue weighted by Gasteiger charge is 2.69. The molecule has 11 heteroatoms. The summed E-state index contributed by atoms with van der Waals surface area (Å²) in [6.45, 7) is 3.46. The summed E-state index contributed by atoms with van der Waals surface area (Å²) in [7, 11) is 0. The molecule has 2 aliphatic carbocycles. The Morgan fingerprint density at radius 3 is 2.48 bits per heavy atom. The summed E-state index contributed by atoms with van der Waals surface area (Å²) in [5.74, 6) is -0.479. The van der Waals surface area contributed by atoms with Crippen LogP contribution in [0.2, 0.25) is 0 Å². The number of aromatic amines is 1. The first-order valence-electron chi connectivity index (χ1n) is 15.3. The van der Waals surface area contributed by atoms with Crippen molar-refractivity contribution in [3.05, 3.63) is 72.6 Å². The molecule has 4 heterocycles. The van der Waals surface area contributed by atoms with Crippen LogP contribution in [0.4, 0.5) is 5.69 Å². The van der Waals surface area contributed by atoms with Crippen LogP contribution in [-0.2, 0) is 14.4 Å². The number of thioether (sulfide) groups is 1. The number of aryl methyl sites for hydroxylation is 1. The summed E-state index contributed by atoms with van der Waals surface area (Å²) >= 11 is 6.54. The van der Waals surface area contributed by atoms with Crippen LogP contribution in [-0.4, -0.2) is 52.6 Å². The van der Waals surface area contributed by atoms with E-state index >= 15 is 0 Å². The third-order valence-corrected chi connectivity index (χ3v) is 13.5. The average molecular weight is 695 g/mol. The molecule has 8 nitrogen and oxygen atoms in total. The Balaban J connectivity index is 1.16. The highest BCUT2D eigenvalue weighted by molar-refractivity contribution is 9.10. The Bertz CT molecular complexity index is 1730. The van der Waals surface area contributed by atoms with Crippen molar-refractivity contribution in [3.8, 4) is 5.75 Å². The maximum absolute atomic E-state index is 14.1. The van der Waals surface area contributed by atoms with E-state index in [0.717, 1.165) is 64.3 Å². The minimum atomic E-state index is -0.382. The zero-order chi connectivity index (χ0) is 30.3. The molecule has 0 unspecified atom stereocenters. The summed E-state index contributed by atoms with van der Waals surface area (Å²) < 4.78 is 7.16. The quantitative estimate of drug-likeness (QED) is 0.351. The number of nitrogens with one attached hydrogen (secondary N) is 1. The van der Waals surface area contributed by atoms with Gasteiger partial charge in [-0.25, -0.2) is 0 Å². The summed E-state index contributed by atoms with van der Waals surface area (Å²) in [6.07, 6.45) is 3.98. The maximum atomic E-state index is 14.1. The van der Waals surface area contributed by atoms with Crippen LogP contribution >= 0.6 is 39.0 Å². The van der Waals surface area contributed by atoms with Crippen molar-refractivity contribution in [1.29, 1.82) is 0 Å². The van der Waals surface area contributed by atoms with Crippen molar-refractivity contribution >= 4 is 62.4 Å². The Morgan fingerprint density at radius 2 is 1.73 bits per heavy atom. The van der Waals surface area contributed by atoms with Gasteiger partial charge in [-0.3, -0.25) is 24.1 Å². The molecule has 8 rings (SSSR count). The van der Waals surface area contributed by atoms with Crippen molar-refractivity contribution < 1.29 is 19.1 Å². The number of amides is 3. The number of hydrogen-bond donors (Lipinski definition) is 1. The molecule has 4 fully saturated rings. The molecule has 2 saturated heterocycles. The number of nitrogens with zero attached hydrogens (tertiary/aromatic N) is 2. The third-order valence-electron chi connectivity index (χ3n) is 10.4. The zero-order valence-electron chi connectivity index (χ0n) is 24.2. The lowest BCUT2D eigenvalue weighted by Gasteiger charge is -2.43. The summed E-state index contributed by atoms with van der Waals surface area (Å²) in [6, 6.07) is 13.4.